The van der Waals surface area contributed by atoms with Crippen molar-refractivity contribution in [3.63, 3.8) is 0 Å². The third kappa shape index (κ3) is 10.1. The van der Waals surface area contributed by atoms with E-state index in [0.717, 1.165) is 4.90 Å². The zero-order valence-corrected chi connectivity index (χ0v) is 18.6. The van der Waals surface area contributed by atoms with Gasteiger partial charge in [0.2, 0.25) is 0 Å². The van der Waals surface area contributed by atoms with Gasteiger partial charge in [0.25, 0.3) is 0 Å². The summed E-state index contributed by atoms with van der Waals surface area (Å²) < 4.78 is 10.7. The van der Waals surface area contributed by atoms with Crippen molar-refractivity contribution in [2.24, 2.45) is 11.1 Å². The number of carbonyl (C=O) groups excluding carboxylic acids is 3. The van der Waals surface area contributed by atoms with Crippen molar-refractivity contribution in [3.8, 4) is 0 Å². The number of alkyl halides is 1. The smallest absolute Gasteiger partial charge is 0.419 e. The van der Waals surface area contributed by atoms with Crippen molar-refractivity contribution >= 4 is 33.9 Å². The summed E-state index contributed by atoms with van der Waals surface area (Å²) in [5, 5.41) is 0.550. The topological polar surface area (TPSA) is 98.9 Å². The normalized spacial score (nSPS) is 14.3. The highest BCUT2D eigenvalue weighted by molar-refractivity contribution is 9.09. The second kappa shape index (κ2) is 9.69. The molecule has 0 saturated heterocycles. The van der Waals surface area contributed by atoms with Crippen molar-refractivity contribution in [2.75, 3.05) is 18.4 Å². The van der Waals surface area contributed by atoms with E-state index in [0.29, 0.717) is 11.8 Å². The molecule has 7 nitrogen and oxygen atoms in total. The van der Waals surface area contributed by atoms with Gasteiger partial charge in [0.05, 0.1) is 0 Å². The minimum atomic E-state index is -0.820. The van der Waals surface area contributed by atoms with Crippen LogP contribution in [0.3, 0.4) is 0 Å². The number of rotatable bonds is 7. The van der Waals surface area contributed by atoms with E-state index in [1.807, 2.05) is 0 Å². The maximum atomic E-state index is 12.6. The lowest BCUT2D eigenvalue weighted by molar-refractivity contribution is -0.121. The number of nitrogens with zero attached hydrogens (tertiary/aromatic N) is 1. The van der Waals surface area contributed by atoms with Crippen molar-refractivity contribution in [1.82, 2.24) is 4.90 Å². The van der Waals surface area contributed by atoms with Gasteiger partial charge in [-0.15, -0.1) is 0 Å². The molecule has 26 heavy (non-hydrogen) atoms. The predicted molar refractivity (Wildman–Crippen MR) is 104 cm³/mol. The number of halogens is 1. The van der Waals surface area contributed by atoms with Crippen LogP contribution in [-0.2, 0) is 14.3 Å². The van der Waals surface area contributed by atoms with Gasteiger partial charge in [-0.2, -0.15) is 0 Å². The number of imide groups is 1. The fraction of sp³-hybridized carbons (Fsp3) is 0.833. The maximum Gasteiger partial charge on any atom is 0.419 e. The zero-order valence-electron chi connectivity index (χ0n) is 17.0. The average Bonchev–Trinajstić information content (AvgIpc) is 2.41. The molecule has 0 aromatic rings. The van der Waals surface area contributed by atoms with E-state index >= 15 is 0 Å². The van der Waals surface area contributed by atoms with Crippen LogP contribution in [0.2, 0.25) is 0 Å². The third-order valence-corrected chi connectivity index (χ3v) is 3.65. The van der Waals surface area contributed by atoms with E-state index in [1.165, 1.54) is 0 Å². The van der Waals surface area contributed by atoms with Gasteiger partial charge in [0.15, 0.2) is 0 Å². The molecule has 0 aliphatic heterocycles. The van der Waals surface area contributed by atoms with Crippen LogP contribution in [0.15, 0.2) is 0 Å². The van der Waals surface area contributed by atoms with Crippen LogP contribution in [0.1, 0.15) is 61.3 Å². The minimum Gasteiger partial charge on any atom is -0.443 e. The van der Waals surface area contributed by atoms with Gasteiger partial charge < -0.3 is 15.2 Å². The Hall–Kier alpha value is -1.15. The number of nitrogens with two attached hydrogens (primary N) is 1. The Labute approximate surface area is 165 Å². The molecule has 0 aromatic heterocycles. The highest BCUT2D eigenvalue weighted by Crippen LogP contribution is 2.25. The Morgan fingerprint density at radius 1 is 0.923 bits per heavy atom. The van der Waals surface area contributed by atoms with Crippen molar-refractivity contribution in [2.45, 2.75) is 72.5 Å². The SMILES string of the molecule is CC(CN)(CC(=O)CCBr)CN(C(=O)OC(C)(C)C)C(=O)OC(C)(C)C. The molecule has 0 aromatic carbocycles. The van der Waals surface area contributed by atoms with Crippen LogP contribution in [0.5, 0.6) is 0 Å². The number of Topliss-reactive ketones (excluding diaryl/α,β-unsaturated/α-hetero) is 1. The highest BCUT2D eigenvalue weighted by atomic mass is 79.9. The third-order valence-electron chi connectivity index (χ3n) is 3.26. The van der Waals surface area contributed by atoms with Crippen LogP contribution >= 0.6 is 15.9 Å². The number of hydrogen-bond donors (Lipinski definition) is 1. The largest absolute Gasteiger partial charge is 0.443 e. The quantitative estimate of drug-likeness (QED) is 0.607. The molecule has 2 amide bonds. The summed E-state index contributed by atoms with van der Waals surface area (Å²) in [6, 6.07) is 0. The molecule has 152 valence electrons. The second-order valence-electron chi connectivity index (χ2n) is 8.72. The lowest BCUT2D eigenvalue weighted by atomic mass is 9.84. The lowest BCUT2D eigenvalue weighted by Gasteiger charge is -2.35. The molecule has 1 atom stereocenters. The molecule has 2 N–H and O–H groups in total. The Kier molecular flexibility index (Phi) is 9.26. The van der Waals surface area contributed by atoms with Crippen molar-refractivity contribution in [3.05, 3.63) is 0 Å². The van der Waals surface area contributed by atoms with Crippen molar-refractivity contribution in [1.29, 1.82) is 0 Å². The molecule has 0 heterocycles. The van der Waals surface area contributed by atoms with E-state index in [2.05, 4.69) is 15.9 Å². The van der Waals surface area contributed by atoms with Gasteiger partial charge in [0.1, 0.15) is 17.0 Å². The Morgan fingerprint density at radius 2 is 1.35 bits per heavy atom. The molecule has 8 heteroatoms. The summed E-state index contributed by atoms with van der Waals surface area (Å²) in [6.07, 6.45) is -1.13. The maximum absolute atomic E-state index is 12.6. The second-order valence-corrected chi connectivity index (χ2v) is 9.51. The molecule has 0 saturated carbocycles. The molecule has 0 radical (unpaired) electrons. The van der Waals surface area contributed by atoms with Gasteiger partial charge in [-0.25, -0.2) is 14.5 Å². The van der Waals surface area contributed by atoms with E-state index in [1.54, 1.807) is 48.5 Å². The molecular formula is C18H33BrN2O5. The summed E-state index contributed by atoms with van der Waals surface area (Å²) in [6.45, 7) is 12.1. The van der Waals surface area contributed by atoms with Crippen molar-refractivity contribution < 1.29 is 23.9 Å². The highest BCUT2D eigenvalue weighted by Gasteiger charge is 2.37. The molecule has 0 bridgehead atoms. The summed E-state index contributed by atoms with van der Waals surface area (Å²) in [5.41, 5.74) is 3.54. The molecule has 0 fully saturated rings. The minimum absolute atomic E-state index is 0.00292. The first-order valence-electron chi connectivity index (χ1n) is 8.64. The first-order valence-corrected chi connectivity index (χ1v) is 9.76. The average molecular weight is 437 g/mol. The predicted octanol–water partition coefficient (Wildman–Crippen LogP) is 3.87. The number of hydrogen-bond acceptors (Lipinski definition) is 6. The molecular weight excluding hydrogens is 404 g/mol. The monoisotopic (exact) mass is 436 g/mol. The van der Waals surface area contributed by atoms with Gasteiger partial charge in [0, 0.05) is 30.1 Å². The fourth-order valence-corrected chi connectivity index (χ4v) is 2.52. The van der Waals surface area contributed by atoms with Gasteiger partial charge >= 0.3 is 12.2 Å². The Bertz CT molecular complexity index is 483. The van der Waals surface area contributed by atoms with Crippen LogP contribution in [0.4, 0.5) is 9.59 Å². The Morgan fingerprint density at radius 3 is 1.65 bits per heavy atom. The lowest BCUT2D eigenvalue weighted by Crippen LogP contribution is -2.50. The summed E-state index contributed by atoms with van der Waals surface area (Å²) in [4.78, 5) is 38.1. The molecule has 1 unspecified atom stereocenters. The number of amides is 2. The van der Waals surface area contributed by atoms with Crippen LogP contribution in [-0.4, -0.2) is 52.5 Å². The van der Waals surface area contributed by atoms with Gasteiger partial charge in [-0.3, -0.25) is 4.79 Å². The van der Waals surface area contributed by atoms with Crippen LogP contribution in [0, 0.1) is 5.41 Å². The molecule has 0 aliphatic rings. The zero-order chi connectivity index (χ0) is 20.8. The molecule has 0 rings (SSSR count). The number of carbonyl (C=O) groups is 3. The molecule has 0 aliphatic carbocycles. The van der Waals surface area contributed by atoms with E-state index in [4.69, 9.17) is 15.2 Å². The standard InChI is InChI=1S/C18H33BrN2O5/c1-16(2,3)25-14(23)21(15(24)26-17(4,5)6)12-18(7,11-20)10-13(22)8-9-19/h8-12,20H2,1-7H3. The first kappa shape index (κ1) is 24.8. The van der Waals surface area contributed by atoms with E-state index in [-0.39, 0.29) is 25.3 Å². The number of ketones is 1. The first-order chi connectivity index (χ1) is 11.6. The van der Waals surface area contributed by atoms with E-state index in [9.17, 15) is 14.4 Å². The fourth-order valence-electron chi connectivity index (χ4n) is 2.08. The Balaban J connectivity index is 5.51. The summed E-state index contributed by atoms with van der Waals surface area (Å²) in [7, 11) is 0. The van der Waals surface area contributed by atoms with Crippen LogP contribution in [0.25, 0.3) is 0 Å². The summed E-state index contributed by atoms with van der Waals surface area (Å²) >= 11 is 3.23. The van der Waals surface area contributed by atoms with Crippen LogP contribution < -0.4 is 5.73 Å². The van der Waals surface area contributed by atoms with E-state index < -0.39 is 28.8 Å². The number of ether oxygens (including phenoxy) is 2. The molecule has 0 spiro atoms. The van der Waals surface area contributed by atoms with Gasteiger partial charge in [-0.1, -0.05) is 22.9 Å². The van der Waals surface area contributed by atoms with Gasteiger partial charge in [-0.05, 0) is 48.1 Å². The summed E-state index contributed by atoms with van der Waals surface area (Å²) in [5.74, 6) is 0.00292.